The smallest absolute Gasteiger partial charge is 0.176 e. The zero-order valence-electron chi connectivity index (χ0n) is 14.8. The molecule has 1 unspecified atom stereocenters. The van der Waals surface area contributed by atoms with E-state index in [0.717, 1.165) is 11.4 Å². The zero-order chi connectivity index (χ0) is 17.9. The molecule has 0 amide bonds. The molecule has 0 bridgehead atoms. The van der Waals surface area contributed by atoms with Gasteiger partial charge in [0.2, 0.25) is 0 Å². The molecule has 24 heavy (non-hydrogen) atoms. The first kappa shape index (κ1) is 17.7. The summed E-state index contributed by atoms with van der Waals surface area (Å²) < 4.78 is 0. The molecular formula is C19H22N4O. The first-order valence-electron chi connectivity index (χ1n) is 8.21. The largest absolute Gasteiger partial charge is 0.293 e. The van der Waals surface area contributed by atoms with Crippen molar-refractivity contribution in [1.82, 2.24) is 15.0 Å². The van der Waals surface area contributed by atoms with Crippen molar-refractivity contribution in [3.05, 3.63) is 52.4 Å². The van der Waals surface area contributed by atoms with Crippen molar-refractivity contribution in [1.29, 1.82) is 5.26 Å². The molecule has 2 aromatic rings. The molecule has 124 valence electrons. The molecule has 5 heteroatoms. The molecule has 1 aliphatic carbocycles. The quantitative estimate of drug-likeness (QED) is 0.803. The van der Waals surface area contributed by atoms with Crippen molar-refractivity contribution in [2.45, 2.75) is 52.9 Å². The van der Waals surface area contributed by atoms with E-state index >= 15 is 0 Å². The Kier molecular flexibility index (Phi) is 5.08. The standard InChI is InChI=1S/C17H16N4O.C2H6/c1-10-8-15(20-11(2)19-10)17(3)7-6-14-13(16(17)22)5-4-12(9-18)21-14;1-2/h4-5,8H,6-7H2,1-3H3;1-2H3. The second-order valence-electron chi connectivity index (χ2n) is 5.91. The molecule has 1 atom stereocenters. The highest BCUT2D eigenvalue weighted by Gasteiger charge is 2.42. The van der Waals surface area contributed by atoms with Gasteiger partial charge in [-0.15, -0.1) is 0 Å². The summed E-state index contributed by atoms with van der Waals surface area (Å²) in [4.78, 5) is 26.0. The van der Waals surface area contributed by atoms with E-state index in [1.807, 2.05) is 46.8 Å². The number of ketones is 1. The van der Waals surface area contributed by atoms with E-state index in [2.05, 4.69) is 15.0 Å². The molecule has 5 nitrogen and oxygen atoms in total. The summed E-state index contributed by atoms with van der Waals surface area (Å²) in [5.74, 6) is 0.691. The third-order valence-electron chi connectivity index (χ3n) is 4.23. The highest BCUT2D eigenvalue weighted by Crippen LogP contribution is 2.37. The molecule has 0 radical (unpaired) electrons. The molecule has 3 rings (SSSR count). The molecule has 1 aliphatic rings. The van der Waals surface area contributed by atoms with E-state index in [0.29, 0.717) is 35.6 Å². The third kappa shape index (κ3) is 3.05. The summed E-state index contributed by atoms with van der Waals surface area (Å²) in [5, 5.41) is 8.93. The van der Waals surface area contributed by atoms with E-state index < -0.39 is 5.41 Å². The number of pyridine rings is 1. The van der Waals surface area contributed by atoms with Gasteiger partial charge in [-0.25, -0.2) is 15.0 Å². The van der Waals surface area contributed by atoms with Crippen LogP contribution < -0.4 is 0 Å². The number of Topliss-reactive ketones (excluding diaryl/α,β-unsaturated/α-hetero) is 1. The molecule has 0 aromatic carbocycles. The van der Waals surface area contributed by atoms with Crippen LogP contribution in [-0.2, 0) is 11.8 Å². The van der Waals surface area contributed by atoms with Crippen LogP contribution in [0.5, 0.6) is 0 Å². The summed E-state index contributed by atoms with van der Waals surface area (Å²) in [6.45, 7) is 9.67. The van der Waals surface area contributed by atoms with Gasteiger partial charge in [0, 0.05) is 11.3 Å². The number of carbonyl (C=O) groups excluding carboxylic acids is 1. The lowest BCUT2D eigenvalue weighted by Gasteiger charge is -2.32. The monoisotopic (exact) mass is 322 g/mol. The van der Waals surface area contributed by atoms with E-state index in [-0.39, 0.29) is 5.78 Å². The number of aryl methyl sites for hydroxylation is 3. The average molecular weight is 322 g/mol. The topological polar surface area (TPSA) is 79.5 Å². The summed E-state index contributed by atoms with van der Waals surface area (Å²) in [7, 11) is 0. The lowest BCUT2D eigenvalue weighted by atomic mass is 9.71. The van der Waals surface area contributed by atoms with Crippen molar-refractivity contribution in [3.8, 4) is 6.07 Å². The van der Waals surface area contributed by atoms with Gasteiger partial charge in [-0.1, -0.05) is 13.8 Å². The number of rotatable bonds is 1. The number of nitrogens with zero attached hydrogens (tertiary/aromatic N) is 4. The number of carbonyl (C=O) groups is 1. The number of aromatic nitrogens is 3. The van der Waals surface area contributed by atoms with E-state index in [1.54, 1.807) is 12.1 Å². The lowest BCUT2D eigenvalue weighted by molar-refractivity contribution is 0.0870. The Morgan fingerprint density at radius 3 is 2.50 bits per heavy atom. The first-order chi connectivity index (χ1) is 11.4. The fourth-order valence-electron chi connectivity index (χ4n) is 2.98. The highest BCUT2D eigenvalue weighted by atomic mass is 16.1. The number of hydrogen-bond acceptors (Lipinski definition) is 5. The Balaban J connectivity index is 0.00000100. The highest BCUT2D eigenvalue weighted by molar-refractivity contribution is 6.05. The first-order valence-corrected chi connectivity index (χ1v) is 8.21. The van der Waals surface area contributed by atoms with Crippen LogP contribution in [-0.4, -0.2) is 20.7 Å². The predicted molar refractivity (Wildman–Crippen MR) is 91.8 cm³/mol. The molecule has 0 spiro atoms. The van der Waals surface area contributed by atoms with Gasteiger partial charge >= 0.3 is 0 Å². The molecule has 0 saturated heterocycles. The van der Waals surface area contributed by atoms with Gasteiger partial charge in [-0.2, -0.15) is 5.26 Å². The fourth-order valence-corrected chi connectivity index (χ4v) is 2.98. The number of nitriles is 1. The van der Waals surface area contributed by atoms with Crippen molar-refractivity contribution in [2.75, 3.05) is 0 Å². The predicted octanol–water partition coefficient (Wildman–Crippen LogP) is 3.47. The van der Waals surface area contributed by atoms with Gasteiger partial charge in [-0.05, 0) is 51.8 Å². The Bertz CT molecular complexity index is 802. The van der Waals surface area contributed by atoms with Crippen LogP contribution in [0.4, 0.5) is 0 Å². The average Bonchev–Trinajstić information content (AvgIpc) is 2.59. The molecule has 2 aromatic heterocycles. The summed E-state index contributed by atoms with van der Waals surface area (Å²) in [6.07, 6.45) is 1.30. The van der Waals surface area contributed by atoms with Gasteiger partial charge in [0.05, 0.1) is 16.8 Å². The summed E-state index contributed by atoms with van der Waals surface area (Å²) in [6, 6.07) is 7.20. The Morgan fingerprint density at radius 1 is 1.17 bits per heavy atom. The summed E-state index contributed by atoms with van der Waals surface area (Å²) >= 11 is 0. The van der Waals surface area contributed by atoms with Crippen molar-refractivity contribution in [3.63, 3.8) is 0 Å². The fraction of sp³-hybridized carbons (Fsp3) is 0.421. The Hall–Kier alpha value is -2.61. The van der Waals surface area contributed by atoms with Gasteiger partial charge in [0.1, 0.15) is 17.6 Å². The summed E-state index contributed by atoms with van der Waals surface area (Å²) in [5.41, 5.74) is 2.62. The van der Waals surface area contributed by atoms with Crippen LogP contribution in [0.3, 0.4) is 0 Å². The molecule has 0 saturated carbocycles. The van der Waals surface area contributed by atoms with Crippen LogP contribution >= 0.6 is 0 Å². The molecular weight excluding hydrogens is 300 g/mol. The van der Waals surface area contributed by atoms with E-state index in [9.17, 15) is 4.79 Å². The minimum atomic E-state index is -0.665. The number of fused-ring (bicyclic) bond motifs is 1. The Morgan fingerprint density at radius 2 is 1.88 bits per heavy atom. The van der Waals surface area contributed by atoms with Gasteiger partial charge in [-0.3, -0.25) is 4.79 Å². The molecule has 2 heterocycles. The van der Waals surface area contributed by atoms with E-state index in [1.165, 1.54) is 0 Å². The third-order valence-corrected chi connectivity index (χ3v) is 4.23. The molecule has 0 N–H and O–H groups in total. The molecule has 0 fully saturated rings. The lowest BCUT2D eigenvalue weighted by Crippen LogP contribution is -2.39. The second-order valence-corrected chi connectivity index (χ2v) is 5.91. The number of hydrogen-bond donors (Lipinski definition) is 0. The SMILES string of the molecule is CC.Cc1cc(C2(C)CCc3nc(C#N)ccc3C2=O)nc(C)n1. The maximum Gasteiger partial charge on any atom is 0.176 e. The minimum absolute atomic E-state index is 0.0169. The van der Waals surface area contributed by atoms with E-state index in [4.69, 9.17) is 5.26 Å². The van der Waals surface area contributed by atoms with Crippen LogP contribution in [0.15, 0.2) is 18.2 Å². The zero-order valence-corrected chi connectivity index (χ0v) is 14.8. The normalized spacial score (nSPS) is 18.9. The maximum absolute atomic E-state index is 13.0. The minimum Gasteiger partial charge on any atom is -0.293 e. The Labute approximate surface area is 142 Å². The van der Waals surface area contributed by atoms with Crippen LogP contribution in [0.1, 0.15) is 66.2 Å². The van der Waals surface area contributed by atoms with Crippen molar-refractivity contribution < 1.29 is 4.79 Å². The van der Waals surface area contributed by atoms with Gasteiger partial charge < -0.3 is 0 Å². The van der Waals surface area contributed by atoms with Crippen LogP contribution in [0, 0.1) is 25.2 Å². The van der Waals surface area contributed by atoms with Crippen LogP contribution in [0.2, 0.25) is 0 Å². The second kappa shape index (κ2) is 6.88. The van der Waals surface area contributed by atoms with Gasteiger partial charge in [0.15, 0.2) is 5.78 Å². The van der Waals surface area contributed by atoms with Gasteiger partial charge in [0.25, 0.3) is 0 Å². The van der Waals surface area contributed by atoms with Crippen molar-refractivity contribution >= 4 is 5.78 Å². The molecule has 0 aliphatic heterocycles. The maximum atomic E-state index is 13.0. The van der Waals surface area contributed by atoms with Crippen molar-refractivity contribution in [2.24, 2.45) is 0 Å². The van der Waals surface area contributed by atoms with Crippen LogP contribution in [0.25, 0.3) is 0 Å².